The van der Waals surface area contributed by atoms with E-state index in [4.69, 9.17) is 3.79 Å². The average Bonchev–Trinajstić information content (AvgIpc) is 1.91. The first-order valence-corrected chi connectivity index (χ1v) is 8.69. The molecular formula is C7H17Al3O. The van der Waals surface area contributed by atoms with E-state index in [1.165, 1.54) is 5.28 Å². The third kappa shape index (κ3) is 11.6. The van der Waals surface area contributed by atoms with Crippen molar-refractivity contribution in [2.75, 3.05) is 0 Å². The zero-order valence-electron chi connectivity index (χ0n) is 8.35. The van der Waals surface area contributed by atoms with E-state index in [1.807, 2.05) is 5.79 Å². The molecule has 0 aliphatic heterocycles. The molecule has 0 heterocycles. The van der Waals surface area contributed by atoms with Gasteiger partial charge in [-0.05, 0) is 13.8 Å². The molecule has 0 amide bonds. The van der Waals surface area contributed by atoms with E-state index >= 15 is 0 Å². The summed E-state index contributed by atoms with van der Waals surface area (Å²) >= 11 is 3.23. The lowest BCUT2D eigenvalue weighted by Crippen LogP contribution is -2.26. The normalized spacial score (nSPS) is 9.55. The van der Waals surface area contributed by atoms with Crippen molar-refractivity contribution in [1.29, 1.82) is 0 Å². The monoisotopic (exact) mass is 198 g/mol. The van der Waals surface area contributed by atoms with Gasteiger partial charge in [-0.3, -0.25) is 0 Å². The second kappa shape index (κ2) is 9.64. The van der Waals surface area contributed by atoms with Gasteiger partial charge in [0.2, 0.25) is 0 Å². The van der Waals surface area contributed by atoms with Gasteiger partial charge in [-0.15, -0.1) is 11.6 Å². The van der Waals surface area contributed by atoms with Crippen LogP contribution in [0.4, 0.5) is 0 Å². The molecule has 4 radical (unpaired) electrons. The second-order valence-corrected chi connectivity index (χ2v) is 4.66. The third-order valence-electron chi connectivity index (χ3n) is 1.13. The quantitative estimate of drug-likeness (QED) is 0.626. The Balaban J connectivity index is 0. The van der Waals surface area contributed by atoms with Gasteiger partial charge < -0.3 is 3.79 Å². The lowest BCUT2D eigenvalue weighted by Gasteiger charge is -2.25. The molecule has 0 aliphatic carbocycles. The molecule has 0 aromatic rings. The van der Waals surface area contributed by atoms with E-state index in [2.05, 4.69) is 41.7 Å². The van der Waals surface area contributed by atoms with Crippen molar-refractivity contribution in [3.8, 4) is 0 Å². The Morgan fingerprint density at radius 3 is 2.00 bits per heavy atom. The van der Waals surface area contributed by atoms with Crippen molar-refractivity contribution in [3.05, 3.63) is 0 Å². The Hall–Kier alpha value is 1.56. The van der Waals surface area contributed by atoms with Gasteiger partial charge >= 0.3 is 15.6 Å². The zero-order valence-corrected chi connectivity index (χ0v) is 11.8. The van der Waals surface area contributed by atoms with Crippen molar-refractivity contribution < 1.29 is 3.79 Å². The zero-order chi connectivity index (χ0) is 9.33. The smallest absolute Gasteiger partial charge is 0.420 e. The highest BCUT2D eigenvalue weighted by atomic mass is 27.1. The van der Waals surface area contributed by atoms with Crippen LogP contribution in [0, 0.1) is 0 Å². The van der Waals surface area contributed by atoms with Gasteiger partial charge in [-0.1, -0.05) is 11.1 Å². The first-order chi connectivity index (χ1) is 5.12. The van der Waals surface area contributed by atoms with Gasteiger partial charge in [-0.2, -0.15) is 0 Å². The SMILES string of the molecule is [CH3][Al].[CH3][Al][CH2]C(C)(C)[O][Al][CH3]. The Bertz CT molecular complexity index is 68.1. The molecule has 0 aromatic carbocycles. The maximum atomic E-state index is 5.57. The minimum Gasteiger partial charge on any atom is -0.503 e. The molecule has 60 valence electrons. The Morgan fingerprint density at radius 2 is 1.73 bits per heavy atom. The summed E-state index contributed by atoms with van der Waals surface area (Å²) in [6.45, 7) is 4.36. The Morgan fingerprint density at radius 1 is 1.27 bits per heavy atom. The number of rotatable bonds is 4. The molecule has 0 unspecified atom stereocenters. The van der Waals surface area contributed by atoms with E-state index < -0.39 is 0 Å². The highest BCUT2D eigenvalue weighted by Crippen LogP contribution is 2.12. The van der Waals surface area contributed by atoms with Crippen molar-refractivity contribution >= 4 is 47.1 Å². The Labute approximate surface area is 92.5 Å². The maximum absolute atomic E-state index is 5.57. The largest absolute Gasteiger partial charge is 0.503 e. The van der Waals surface area contributed by atoms with Gasteiger partial charge in [0, 0.05) is 5.60 Å². The van der Waals surface area contributed by atoms with Gasteiger partial charge in [0.1, 0.15) is 16.3 Å². The molecule has 0 fully saturated rings. The van der Waals surface area contributed by atoms with E-state index in [9.17, 15) is 0 Å². The van der Waals surface area contributed by atoms with E-state index in [1.54, 1.807) is 0 Å². The van der Waals surface area contributed by atoms with Crippen LogP contribution in [0.1, 0.15) is 13.8 Å². The minimum absolute atomic E-state index is 0.175. The summed E-state index contributed by atoms with van der Waals surface area (Å²) in [6.07, 6.45) is 0. The van der Waals surface area contributed by atoms with Crippen molar-refractivity contribution in [2.45, 2.75) is 42.1 Å². The third-order valence-corrected chi connectivity index (χ3v) is 3.40. The first-order valence-electron chi connectivity index (χ1n) is 3.93. The van der Waals surface area contributed by atoms with E-state index in [0.29, 0.717) is 15.2 Å². The second-order valence-electron chi connectivity index (χ2n) is 2.73. The van der Waals surface area contributed by atoms with Crippen molar-refractivity contribution in [1.82, 2.24) is 0 Å². The van der Waals surface area contributed by atoms with Crippen LogP contribution in [0.5, 0.6) is 0 Å². The molecule has 0 bridgehead atoms. The van der Waals surface area contributed by atoms with Gasteiger partial charge in [0.15, 0.2) is 15.2 Å². The minimum atomic E-state index is 0.175. The van der Waals surface area contributed by atoms with Crippen molar-refractivity contribution in [3.63, 3.8) is 0 Å². The standard InChI is InChI=1S/C4H8O.3CH3.3Al/c1-4(2,3)5;;;;;;/h1H2,2-3H3;3*1H3;;;/q-1;;;;;;+1. The van der Waals surface area contributed by atoms with Gasteiger partial charge in [0.05, 0.1) is 0 Å². The fourth-order valence-corrected chi connectivity index (χ4v) is 2.86. The summed E-state index contributed by atoms with van der Waals surface area (Å²) in [4.78, 5) is 0. The molecule has 0 N–H and O–H groups in total. The summed E-state index contributed by atoms with van der Waals surface area (Å²) in [6, 6.07) is 0. The summed E-state index contributed by atoms with van der Waals surface area (Å²) in [5, 5.41) is 1.26. The molecule has 0 rings (SSSR count). The fraction of sp³-hybridized carbons (Fsp3) is 1.00. The molecule has 0 saturated carbocycles. The van der Waals surface area contributed by atoms with Crippen LogP contribution < -0.4 is 0 Å². The van der Waals surface area contributed by atoms with Crippen LogP contribution in [0.2, 0.25) is 22.6 Å². The molecule has 0 atom stereocenters. The lowest BCUT2D eigenvalue weighted by molar-refractivity contribution is 0.140. The van der Waals surface area contributed by atoms with Crippen LogP contribution in [0.25, 0.3) is 0 Å². The highest BCUT2D eigenvalue weighted by molar-refractivity contribution is 6.34. The summed E-state index contributed by atoms with van der Waals surface area (Å²) in [5.74, 6) is 6.32. The van der Waals surface area contributed by atoms with Crippen LogP contribution in [-0.4, -0.2) is 52.7 Å². The van der Waals surface area contributed by atoms with E-state index in [-0.39, 0.29) is 21.2 Å². The number of hydrogen-bond acceptors (Lipinski definition) is 1. The van der Waals surface area contributed by atoms with Crippen LogP contribution in [-0.2, 0) is 3.79 Å². The predicted octanol–water partition coefficient (Wildman–Crippen LogP) is 1.82. The van der Waals surface area contributed by atoms with Crippen LogP contribution >= 0.6 is 0 Å². The topological polar surface area (TPSA) is 9.23 Å². The predicted molar refractivity (Wildman–Crippen MR) is 54.8 cm³/mol. The number of hydrogen-bond donors (Lipinski definition) is 0. The maximum Gasteiger partial charge on any atom is 0.420 e. The molecule has 0 spiro atoms. The molecule has 0 aliphatic rings. The van der Waals surface area contributed by atoms with E-state index in [0.717, 1.165) is 0 Å². The average molecular weight is 198 g/mol. The molecule has 1 nitrogen and oxygen atoms in total. The summed E-state index contributed by atoms with van der Waals surface area (Å²) in [7, 11) is 0. The molecule has 4 heteroatoms. The Kier molecular flexibility index (Phi) is 13.2. The van der Waals surface area contributed by atoms with Gasteiger partial charge in [0.25, 0.3) is 0 Å². The summed E-state index contributed by atoms with van der Waals surface area (Å²) < 4.78 is 5.57. The van der Waals surface area contributed by atoms with Crippen molar-refractivity contribution in [2.24, 2.45) is 0 Å². The van der Waals surface area contributed by atoms with Gasteiger partial charge in [-0.25, -0.2) is 0 Å². The summed E-state index contributed by atoms with van der Waals surface area (Å²) in [5.41, 5.74) is 0.175. The lowest BCUT2D eigenvalue weighted by atomic mass is 10.2. The highest BCUT2D eigenvalue weighted by Gasteiger charge is 2.14. The molecule has 0 aromatic heterocycles. The van der Waals surface area contributed by atoms with Crippen LogP contribution in [0.3, 0.4) is 0 Å². The van der Waals surface area contributed by atoms with Crippen LogP contribution in [0.15, 0.2) is 0 Å². The molecule has 0 saturated heterocycles. The first kappa shape index (κ1) is 15.0. The fourth-order valence-electron chi connectivity index (χ4n) is 0.859. The molecule has 11 heavy (non-hydrogen) atoms. The molecular weight excluding hydrogens is 181 g/mol.